The lowest BCUT2D eigenvalue weighted by molar-refractivity contribution is -0.133. The maximum Gasteiger partial charge on any atom is 0.315 e. The van der Waals surface area contributed by atoms with Gasteiger partial charge in [-0.1, -0.05) is 26.8 Å². The first-order chi connectivity index (χ1) is 11.3. The molecule has 0 atom stereocenters. The van der Waals surface area contributed by atoms with Crippen LogP contribution in [0.2, 0.25) is 0 Å². The normalized spacial score (nSPS) is 11.7. The van der Waals surface area contributed by atoms with E-state index in [2.05, 4.69) is 55.5 Å². The third-order valence-corrected chi connectivity index (χ3v) is 4.62. The van der Waals surface area contributed by atoms with Gasteiger partial charge in [0.15, 0.2) is 0 Å². The molecule has 0 radical (unpaired) electrons. The number of carbonyl (C=O) groups excluding carboxylic acids is 1. The van der Waals surface area contributed by atoms with Gasteiger partial charge in [-0.25, -0.2) is 0 Å². The lowest BCUT2D eigenvalue weighted by Crippen LogP contribution is -2.12. The Balaban J connectivity index is 1.81. The topological polar surface area (TPSA) is 39.4 Å². The number of esters is 1. The van der Waals surface area contributed by atoms with Gasteiger partial charge in [0.05, 0.1) is 12.7 Å². The van der Waals surface area contributed by atoms with Gasteiger partial charge in [0, 0.05) is 14.5 Å². The number of rotatable bonds is 3. The fourth-order valence-electron chi connectivity index (χ4n) is 2.51. The molecule has 0 aliphatic rings. The van der Waals surface area contributed by atoms with Gasteiger partial charge in [-0.05, 0) is 70.0 Å². The number of carbonyl (C=O) groups is 1. The minimum Gasteiger partial charge on any atom is -0.464 e. The SMILES string of the molecule is CC(C)(C)c1ccc2occ(CC(=O)Oc3ccc(I)cc3)c2c1. The highest BCUT2D eigenvalue weighted by molar-refractivity contribution is 14.1. The summed E-state index contributed by atoms with van der Waals surface area (Å²) in [5.41, 5.74) is 2.90. The van der Waals surface area contributed by atoms with E-state index >= 15 is 0 Å². The zero-order valence-electron chi connectivity index (χ0n) is 13.9. The highest BCUT2D eigenvalue weighted by Crippen LogP contribution is 2.29. The number of hydrogen-bond donors (Lipinski definition) is 0. The Bertz CT molecular complexity index is 870. The molecular formula is C20H19IO3. The zero-order chi connectivity index (χ0) is 17.3. The lowest BCUT2D eigenvalue weighted by atomic mass is 9.86. The van der Waals surface area contributed by atoms with E-state index in [0.29, 0.717) is 5.75 Å². The van der Waals surface area contributed by atoms with Gasteiger partial charge in [0.1, 0.15) is 11.3 Å². The van der Waals surface area contributed by atoms with Crippen molar-refractivity contribution < 1.29 is 13.9 Å². The molecule has 3 rings (SSSR count). The van der Waals surface area contributed by atoms with Gasteiger partial charge >= 0.3 is 5.97 Å². The summed E-state index contributed by atoms with van der Waals surface area (Å²) < 4.78 is 12.1. The highest BCUT2D eigenvalue weighted by atomic mass is 127. The molecule has 0 unspecified atom stereocenters. The molecule has 0 saturated carbocycles. The molecule has 0 aliphatic carbocycles. The smallest absolute Gasteiger partial charge is 0.315 e. The molecule has 0 saturated heterocycles. The molecule has 0 bridgehead atoms. The summed E-state index contributed by atoms with van der Waals surface area (Å²) >= 11 is 2.21. The average Bonchev–Trinajstić information content (AvgIpc) is 2.91. The largest absolute Gasteiger partial charge is 0.464 e. The number of hydrogen-bond acceptors (Lipinski definition) is 3. The maximum absolute atomic E-state index is 12.2. The second kappa shape index (κ2) is 6.59. The van der Waals surface area contributed by atoms with Crippen LogP contribution < -0.4 is 4.74 Å². The molecule has 2 aromatic carbocycles. The van der Waals surface area contributed by atoms with E-state index in [1.807, 2.05) is 18.2 Å². The van der Waals surface area contributed by atoms with Crippen LogP contribution in [0.4, 0.5) is 0 Å². The van der Waals surface area contributed by atoms with Gasteiger partial charge in [-0.2, -0.15) is 0 Å². The zero-order valence-corrected chi connectivity index (χ0v) is 16.1. The van der Waals surface area contributed by atoms with Crippen LogP contribution in [0.15, 0.2) is 53.1 Å². The minimum atomic E-state index is -0.292. The fourth-order valence-corrected chi connectivity index (χ4v) is 2.87. The Morgan fingerprint density at radius 2 is 1.83 bits per heavy atom. The molecule has 0 N–H and O–H groups in total. The van der Waals surface area contributed by atoms with Crippen LogP contribution in [0.5, 0.6) is 5.75 Å². The third-order valence-electron chi connectivity index (χ3n) is 3.90. The second-order valence-corrected chi connectivity index (χ2v) is 8.07. The highest BCUT2D eigenvalue weighted by Gasteiger charge is 2.17. The van der Waals surface area contributed by atoms with E-state index in [9.17, 15) is 4.79 Å². The Kier molecular flexibility index (Phi) is 4.67. The van der Waals surface area contributed by atoms with Crippen molar-refractivity contribution in [1.82, 2.24) is 0 Å². The summed E-state index contributed by atoms with van der Waals surface area (Å²) in [5.74, 6) is 0.267. The number of furan rings is 1. The van der Waals surface area contributed by atoms with E-state index < -0.39 is 0 Å². The molecule has 0 amide bonds. The van der Waals surface area contributed by atoms with Crippen molar-refractivity contribution in [3.05, 3.63) is 63.4 Å². The summed E-state index contributed by atoms with van der Waals surface area (Å²) in [6, 6.07) is 13.5. The predicted molar refractivity (Wildman–Crippen MR) is 103 cm³/mol. The fraction of sp³-hybridized carbons (Fsp3) is 0.250. The van der Waals surface area contributed by atoms with E-state index in [1.165, 1.54) is 5.56 Å². The van der Waals surface area contributed by atoms with Crippen LogP contribution in [0.3, 0.4) is 0 Å². The van der Waals surface area contributed by atoms with Crippen molar-refractivity contribution in [2.75, 3.05) is 0 Å². The summed E-state index contributed by atoms with van der Waals surface area (Å²) in [7, 11) is 0. The standard InChI is InChI=1S/C20H19IO3/c1-20(2,3)14-4-9-18-17(11-14)13(12-23-18)10-19(22)24-16-7-5-15(21)6-8-16/h4-9,11-12H,10H2,1-3H3. The Labute approximate surface area is 155 Å². The summed E-state index contributed by atoms with van der Waals surface area (Å²) in [5, 5.41) is 0.974. The van der Waals surface area contributed by atoms with Gasteiger partial charge < -0.3 is 9.15 Å². The molecule has 3 aromatic rings. The molecule has 24 heavy (non-hydrogen) atoms. The van der Waals surface area contributed by atoms with Gasteiger partial charge in [0.25, 0.3) is 0 Å². The van der Waals surface area contributed by atoms with E-state index in [4.69, 9.17) is 9.15 Å². The molecule has 1 heterocycles. The van der Waals surface area contributed by atoms with E-state index in [-0.39, 0.29) is 17.8 Å². The van der Waals surface area contributed by atoms with E-state index in [0.717, 1.165) is 20.1 Å². The van der Waals surface area contributed by atoms with Crippen molar-refractivity contribution in [2.45, 2.75) is 32.6 Å². The Morgan fingerprint density at radius 3 is 2.50 bits per heavy atom. The third kappa shape index (κ3) is 3.80. The number of fused-ring (bicyclic) bond motifs is 1. The van der Waals surface area contributed by atoms with Crippen LogP contribution in [0, 0.1) is 3.57 Å². The van der Waals surface area contributed by atoms with E-state index in [1.54, 1.807) is 18.4 Å². The summed E-state index contributed by atoms with van der Waals surface area (Å²) in [6.07, 6.45) is 1.83. The predicted octanol–water partition coefficient (Wildman–Crippen LogP) is 5.48. The average molecular weight is 434 g/mol. The lowest BCUT2D eigenvalue weighted by Gasteiger charge is -2.18. The van der Waals surface area contributed by atoms with Crippen LogP contribution in [0.25, 0.3) is 11.0 Å². The molecular weight excluding hydrogens is 415 g/mol. The van der Waals surface area contributed by atoms with Gasteiger partial charge in [-0.15, -0.1) is 0 Å². The first-order valence-corrected chi connectivity index (χ1v) is 8.88. The van der Waals surface area contributed by atoms with Crippen LogP contribution in [-0.4, -0.2) is 5.97 Å². The van der Waals surface area contributed by atoms with Gasteiger partial charge in [0.2, 0.25) is 0 Å². The first kappa shape index (κ1) is 17.0. The van der Waals surface area contributed by atoms with Crippen molar-refractivity contribution in [3.8, 4) is 5.75 Å². The van der Waals surface area contributed by atoms with Crippen LogP contribution in [-0.2, 0) is 16.6 Å². The molecule has 4 heteroatoms. The monoisotopic (exact) mass is 434 g/mol. The molecule has 0 fully saturated rings. The van der Waals surface area contributed by atoms with Crippen LogP contribution in [0.1, 0.15) is 31.9 Å². The Morgan fingerprint density at radius 1 is 1.12 bits per heavy atom. The molecule has 1 aromatic heterocycles. The van der Waals surface area contributed by atoms with Crippen molar-refractivity contribution in [1.29, 1.82) is 0 Å². The molecule has 0 aliphatic heterocycles. The second-order valence-electron chi connectivity index (χ2n) is 6.83. The van der Waals surface area contributed by atoms with Crippen LogP contribution >= 0.6 is 22.6 Å². The number of benzene rings is 2. The maximum atomic E-state index is 12.2. The van der Waals surface area contributed by atoms with Crippen molar-refractivity contribution in [3.63, 3.8) is 0 Å². The molecule has 124 valence electrons. The number of ether oxygens (including phenoxy) is 1. The first-order valence-electron chi connectivity index (χ1n) is 7.80. The Hall–Kier alpha value is -1.82. The van der Waals surface area contributed by atoms with Crippen molar-refractivity contribution >= 4 is 39.5 Å². The number of halogens is 1. The summed E-state index contributed by atoms with van der Waals surface area (Å²) in [6.45, 7) is 6.50. The quantitative estimate of drug-likeness (QED) is 0.311. The summed E-state index contributed by atoms with van der Waals surface area (Å²) in [4.78, 5) is 12.2. The van der Waals surface area contributed by atoms with Gasteiger partial charge in [-0.3, -0.25) is 4.79 Å². The van der Waals surface area contributed by atoms with Crippen molar-refractivity contribution in [2.24, 2.45) is 0 Å². The molecule has 0 spiro atoms. The molecule has 3 nitrogen and oxygen atoms in total. The minimum absolute atomic E-state index is 0.0461.